The predicted octanol–water partition coefficient (Wildman–Crippen LogP) is 2.49. The van der Waals surface area contributed by atoms with E-state index in [1.54, 1.807) is 0 Å². The number of para-hydroxylation sites is 2. The normalized spacial score (nSPS) is 16.4. The van der Waals surface area contributed by atoms with Crippen LogP contribution in [0.4, 0.5) is 5.95 Å². The Labute approximate surface area is 168 Å². The quantitative estimate of drug-likeness (QED) is 0.517. The monoisotopic (exact) mass is 392 g/mol. The fourth-order valence-corrected chi connectivity index (χ4v) is 4.09. The molecule has 7 heteroatoms. The maximum absolute atomic E-state index is 13.2. The Morgan fingerprint density at radius 1 is 1.07 bits per heavy atom. The summed E-state index contributed by atoms with van der Waals surface area (Å²) >= 11 is 0. The average Bonchev–Trinajstić information content (AvgIpc) is 3.40. The van der Waals surface area contributed by atoms with Crippen molar-refractivity contribution < 1.29 is 14.7 Å². The molecule has 3 aromatic rings. The number of rotatable bonds is 6. The van der Waals surface area contributed by atoms with Crippen molar-refractivity contribution in [2.45, 2.75) is 37.1 Å². The van der Waals surface area contributed by atoms with Gasteiger partial charge in [0.25, 0.3) is 5.91 Å². The second-order valence-electron chi connectivity index (χ2n) is 7.46. The maximum Gasteiger partial charge on any atom is 0.251 e. The molecule has 0 spiro atoms. The fraction of sp³-hybridized carbons (Fsp3) is 0.318. The lowest BCUT2D eigenvalue weighted by Crippen LogP contribution is -2.52. The van der Waals surface area contributed by atoms with Crippen LogP contribution in [0.25, 0.3) is 11.0 Å². The van der Waals surface area contributed by atoms with Gasteiger partial charge in [0.05, 0.1) is 23.1 Å². The molecule has 1 saturated carbocycles. The summed E-state index contributed by atoms with van der Waals surface area (Å²) in [6.45, 7) is -0.497. The number of anilines is 1. The number of nitrogens with one attached hydrogen (secondary N) is 3. The maximum atomic E-state index is 13.2. The first-order valence-corrected chi connectivity index (χ1v) is 9.85. The molecule has 1 unspecified atom stereocenters. The number of aliphatic hydroxyl groups excluding tert-OH is 1. The van der Waals surface area contributed by atoms with Crippen LogP contribution in [-0.2, 0) is 15.0 Å². The van der Waals surface area contributed by atoms with Crippen LogP contribution in [0.5, 0.6) is 0 Å². The van der Waals surface area contributed by atoms with Crippen LogP contribution in [0.15, 0.2) is 54.6 Å². The molecule has 0 bridgehead atoms. The molecule has 0 aliphatic heterocycles. The molecule has 2 aromatic carbocycles. The highest BCUT2D eigenvalue weighted by atomic mass is 16.3. The van der Waals surface area contributed by atoms with Crippen molar-refractivity contribution in [3.63, 3.8) is 0 Å². The Balaban J connectivity index is 1.50. The van der Waals surface area contributed by atoms with Crippen LogP contribution in [0.3, 0.4) is 0 Å². The Morgan fingerprint density at radius 3 is 2.45 bits per heavy atom. The highest BCUT2D eigenvalue weighted by Gasteiger charge is 2.43. The first-order chi connectivity index (χ1) is 14.1. The number of hydrogen-bond donors (Lipinski definition) is 4. The van der Waals surface area contributed by atoms with Crippen molar-refractivity contribution in [1.82, 2.24) is 15.3 Å². The summed E-state index contributed by atoms with van der Waals surface area (Å²) in [6, 6.07) is 16.0. The van der Waals surface area contributed by atoms with Crippen LogP contribution in [0.1, 0.15) is 31.2 Å². The van der Waals surface area contributed by atoms with Gasteiger partial charge in [0.2, 0.25) is 11.9 Å². The summed E-state index contributed by atoms with van der Waals surface area (Å²) in [5.41, 5.74) is 1.81. The van der Waals surface area contributed by atoms with Crippen molar-refractivity contribution in [1.29, 1.82) is 0 Å². The lowest BCUT2D eigenvalue weighted by molar-refractivity contribution is -0.131. The molecule has 1 aliphatic rings. The van der Waals surface area contributed by atoms with E-state index in [-0.39, 0.29) is 11.9 Å². The molecule has 150 valence electrons. The molecule has 29 heavy (non-hydrogen) atoms. The first kappa shape index (κ1) is 19.1. The van der Waals surface area contributed by atoms with Gasteiger partial charge in [-0.25, -0.2) is 4.98 Å². The predicted molar refractivity (Wildman–Crippen MR) is 110 cm³/mol. The Hall–Kier alpha value is -3.19. The number of carbonyl (C=O) groups is 2. The molecule has 0 radical (unpaired) electrons. The van der Waals surface area contributed by atoms with Crippen LogP contribution in [-0.4, -0.2) is 39.5 Å². The minimum absolute atomic E-state index is 0.222. The van der Waals surface area contributed by atoms with E-state index in [4.69, 9.17) is 0 Å². The number of carbonyl (C=O) groups excluding carboxylic acids is 2. The number of nitrogens with zero attached hydrogens (tertiary/aromatic N) is 1. The molecule has 4 rings (SSSR count). The number of aromatic nitrogens is 2. The van der Waals surface area contributed by atoms with E-state index in [0.717, 1.165) is 42.3 Å². The van der Waals surface area contributed by atoms with Gasteiger partial charge in [0.15, 0.2) is 0 Å². The topological polar surface area (TPSA) is 107 Å². The van der Waals surface area contributed by atoms with E-state index in [9.17, 15) is 14.7 Å². The number of aliphatic hydroxyl groups is 1. The Kier molecular flexibility index (Phi) is 5.31. The molecule has 4 N–H and O–H groups in total. The zero-order chi connectivity index (χ0) is 20.3. The highest BCUT2D eigenvalue weighted by molar-refractivity contribution is 5.99. The molecule has 1 aromatic heterocycles. The molecular formula is C22H24N4O3. The molecule has 7 nitrogen and oxygen atoms in total. The average molecular weight is 392 g/mol. The summed E-state index contributed by atoms with van der Waals surface area (Å²) in [5.74, 6) is -0.455. The van der Waals surface area contributed by atoms with E-state index in [2.05, 4.69) is 20.6 Å². The van der Waals surface area contributed by atoms with Gasteiger partial charge in [-0.2, -0.15) is 0 Å². The minimum atomic E-state index is -1.06. The number of hydrogen-bond acceptors (Lipinski definition) is 4. The van der Waals surface area contributed by atoms with Gasteiger partial charge in [0, 0.05) is 0 Å². The molecule has 1 atom stereocenters. The number of H-pyrrole nitrogens is 1. The molecule has 1 fully saturated rings. The van der Waals surface area contributed by atoms with Gasteiger partial charge in [-0.05, 0) is 30.5 Å². The van der Waals surface area contributed by atoms with E-state index in [1.807, 2.05) is 54.6 Å². The number of imidazole rings is 1. The molecule has 1 aliphatic carbocycles. The van der Waals surface area contributed by atoms with Crippen LogP contribution in [0, 0.1) is 0 Å². The third-order valence-electron chi connectivity index (χ3n) is 5.65. The number of amides is 2. The lowest BCUT2D eigenvalue weighted by atomic mass is 9.78. The summed E-state index contributed by atoms with van der Waals surface area (Å²) in [6.07, 6.45) is 3.37. The molecule has 0 saturated heterocycles. The minimum Gasteiger partial charge on any atom is -0.394 e. The van der Waals surface area contributed by atoms with Crippen molar-refractivity contribution >= 4 is 28.8 Å². The Morgan fingerprint density at radius 2 is 1.76 bits per heavy atom. The van der Waals surface area contributed by atoms with Gasteiger partial charge in [-0.1, -0.05) is 55.3 Å². The highest BCUT2D eigenvalue weighted by Crippen LogP contribution is 2.41. The second kappa shape index (κ2) is 8.05. The summed E-state index contributed by atoms with van der Waals surface area (Å²) in [7, 11) is 0. The van der Waals surface area contributed by atoms with Gasteiger partial charge < -0.3 is 15.4 Å². The van der Waals surface area contributed by atoms with E-state index in [0.29, 0.717) is 0 Å². The van der Waals surface area contributed by atoms with Gasteiger partial charge in [-0.3, -0.25) is 14.9 Å². The van der Waals surface area contributed by atoms with E-state index in [1.165, 1.54) is 0 Å². The van der Waals surface area contributed by atoms with Crippen LogP contribution >= 0.6 is 0 Å². The number of aromatic amines is 1. The van der Waals surface area contributed by atoms with Crippen molar-refractivity contribution in [3.05, 3.63) is 60.2 Å². The number of benzene rings is 2. The molecular weight excluding hydrogens is 368 g/mol. The van der Waals surface area contributed by atoms with Crippen molar-refractivity contribution in [2.75, 3.05) is 11.9 Å². The molecule has 1 heterocycles. The third-order valence-corrected chi connectivity index (χ3v) is 5.65. The zero-order valence-corrected chi connectivity index (χ0v) is 16.0. The summed E-state index contributed by atoms with van der Waals surface area (Å²) in [5, 5.41) is 15.2. The van der Waals surface area contributed by atoms with Crippen LogP contribution in [0.2, 0.25) is 0 Å². The van der Waals surface area contributed by atoms with Gasteiger partial charge in [0.1, 0.15) is 6.04 Å². The fourth-order valence-electron chi connectivity index (χ4n) is 4.09. The van der Waals surface area contributed by atoms with E-state index < -0.39 is 24.0 Å². The smallest absolute Gasteiger partial charge is 0.251 e. The lowest BCUT2D eigenvalue weighted by Gasteiger charge is -2.30. The first-order valence-electron chi connectivity index (χ1n) is 9.85. The van der Waals surface area contributed by atoms with Gasteiger partial charge in [-0.15, -0.1) is 0 Å². The molecule has 2 amide bonds. The van der Waals surface area contributed by atoms with Crippen LogP contribution < -0.4 is 10.6 Å². The SMILES string of the molecule is O=C(Nc1nc2ccccc2[nH]1)C(CO)NC(=O)C1(c2ccccc2)CCCC1. The third kappa shape index (κ3) is 3.73. The zero-order valence-electron chi connectivity index (χ0n) is 16.0. The second-order valence-corrected chi connectivity index (χ2v) is 7.46. The summed E-state index contributed by atoms with van der Waals surface area (Å²) in [4.78, 5) is 33.2. The number of fused-ring (bicyclic) bond motifs is 1. The summed E-state index contributed by atoms with van der Waals surface area (Å²) < 4.78 is 0. The Bertz CT molecular complexity index is 976. The largest absolute Gasteiger partial charge is 0.394 e. The standard InChI is InChI=1S/C22H24N4O3/c27-14-18(19(28)26-21-24-16-10-4-5-11-17(16)25-21)23-20(29)22(12-6-7-13-22)15-8-2-1-3-9-15/h1-5,8-11,18,27H,6-7,12-14H2,(H,23,29)(H2,24,25,26,28). The van der Waals surface area contributed by atoms with E-state index >= 15 is 0 Å². The van der Waals surface area contributed by atoms with Crippen molar-refractivity contribution in [3.8, 4) is 0 Å². The van der Waals surface area contributed by atoms with Crippen molar-refractivity contribution in [2.24, 2.45) is 0 Å². The van der Waals surface area contributed by atoms with Gasteiger partial charge >= 0.3 is 0 Å².